The van der Waals surface area contributed by atoms with Crippen molar-refractivity contribution in [2.24, 2.45) is 17.6 Å². The van der Waals surface area contributed by atoms with Gasteiger partial charge in [0.15, 0.2) is 0 Å². The van der Waals surface area contributed by atoms with Crippen molar-refractivity contribution in [1.82, 2.24) is 21.3 Å². The van der Waals surface area contributed by atoms with Crippen molar-refractivity contribution < 1.29 is 52.1 Å². The van der Waals surface area contributed by atoms with Crippen molar-refractivity contribution in [1.29, 1.82) is 0 Å². The van der Waals surface area contributed by atoms with E-state index in [1.54, 1.807) is 0 Å². The van der Waals surface area contributed by atoms with Gasteiger partial charge in [0.1, 0.15) is 18.7 Å². The first-order chi connectivity index (χ1) is 21.8. The Bertz CT molecular complexity index is 1140. The standard InChI is InChI=1S/C28H43N5O6.C2HF3O2/c29-14-6-4-11-23(26(35)36)33-27(37)32-22(25(34)31-24-17-20-12-13-21(24)16-20)10-5-7-15-30-28(38)39-18-19-8-2-1-3-9-19;3-2(4,5)1(6)7/h1-3,8-9,20-24H,4-7,10-18,29H2,(H,30,38)(H,31,34)(H,35,36)(H2,32,33,37);(H,6,7)/t20-,21+,22-,23+,24?;/m1./s1. The van der Waals surface area contributed by atoms with E-state index in [2.05, 4.69) is 21.3 Å². The Labute approximate surface area is 265 Å². The van der Waals surface area contributed by atoms with Crippen LogP contribution in [0.4, 0.5) is 22.8 Å². The number of nitrogens with one attached hydrogen (secondary N) is 4. The van der Waals surface area contributed by atoms with E-state index in [-0.39, 0.29) is 25.0 Å². The second kappa shape index (κ2) is 19.4. The number of nitrogens with two attached hydrogens (primary N) is 1. The van der Waals surface area contributed by atoms with Crippen molar-refractivity contribution >= 4 is 30.0 Å². The van der Waals surface area contributed by atoms with Gasteiger partial charge in [-0.05, 0) is 81.7 Å². The highest BCUT2D eigenvalue weighted by molar-refractivity contribution is 5.89. The first-order valence-electron chi connectivity index (χ1n) is 15.3. The second-order valence-corrected chi connectivity index (χ2v) is 11.4. The molecule has 2 saturated carbocycles. The predicted molar refractivity (Wildman–Crippen MR) is 159 cm³/mol. The molecule has 1 unspecified atom stereocenters. The van der Waals surface area contributed by atoms with Gasteiger partial charge in [0.05, 0.1) is 0 Å². The van der Waals surface area contributed by atoms with Crippen LogP contribution in [-0.2, 0) is 25.7 Å². The van der Waals surface area contributed by atoms with Crippen LogP contribution < -0.4 is 27.0 Å². The Morgan fingerprint density at radius 1 is 0.913 bits per heavy atom. The maximum atomic E-state index is 13.2. The number of hydrogen-bond donors (Lipinski definition) is 7. The van der Waals surface area contributed by atoms with Crippen LogP contribution in [0.1, 0.15) is 69.8 Å². The zero-order chi connectivity index (χ0) is 34.1. The lowest BCUT2D eigenvalue weighted by atomic mass is 9.95. The van der Waals surface area contributed by atoms with Crippen LogP contribution in [0.5, 0.6) is 0 Å². The molecular formula is C30H44F3N5O8. The van der Waals surface area contributed by atoms with Gasteiger partial charge in [-0.2, -0.15) is 13.2 Å². The molecule has 2 bridgehead atoms. The summed E-state index contributed by atoms with van der Waals surface area (Å²) in [5.41, 5.74) is 6.38. The molecule has 2 fully saturated rings. The molecule has 0 spiro atoms. The zero-order valence-electron chi connectivity index (χ0n) is 25.5. The van der Waals surface area contributed by atoms with Crippen LogP contribution in [0, 0.1) is 11.8 Å². The number of fused-ring (bicyclic) bond motifs is 2. The summed E-state index contributed by atoms with van der Waals surface area (Å²) < 4.78 is 36.9. The molecule has 0 heterocycles. The summed E-state index contributed by atoms with van der Waals surface area (Å²) in [6.07, 6.45) is 1.82. The number of benzene rings is 1. The topological polar surface area (TPSA) is 209 Å². The van der Waals surface area contributed by atoms with E-state index < -0.39 is 42.3 Å². The zero-order valence-corrected chi connectivity index (χ0v) is 25.5. The lowest BCUT2D eigenvalue weighted by Gasteiger charge is -2.26. The molecule has 258 valence electrons. The summed E-state index contributed by atoms with van der Waals surface area (Å²) in [6, 6.07) is 6.94. The highest BCUT2D eigenvalue weighted by Gasteiger charge is 2.41. The van der Waals surface area contributed by atoms with E-state index in [0.29, 0.717) is 57.0 Å². The minimum Gasteiger partial charge on any atom is -0.480 e. The molecule has 0 radical (unpaired) electrons. The average molecular weight is 660 g/mol. The van der Waals surface area contributed by atoms with Gasteiger partial charge in [0, 0.05) is 12.6 Å². The summed E-state index contributed by atoms with van der Waals surface area (Å²) >= 11 is 0. The van der Waals surface area contributed by atoms with Crippen LogP contribution in [0.25, 0.3) is 0 Å². The number of urea groups is 1. The average Bonchev–Trinajstić information content (AvgIpc) is 3.63. The Morgan fingerprint density at radius 3 is 2.11 bits per heavy atom. The summed E-state index contributed by atoms with van der Waals surface area (Å²) in [7, 11) is 0. The third kappa shape index (κ3) is 14.3. The number of alkyl halides is 3. The SMILES string of the molecule is NCCCC[C@H](NC(=O)N[C@H](CCCCNC(=O)OCc1ccccc1)C(=O)NC1C[C@@H]2CC[C@H]1C2)C(=O)O.O=C(O)C(F)(F)F. The van der Waals surface area contributed by atoms with Gasteiger partial charge in [-0.25, -0.2) is 19.2 Å². The molecule has 5 atom stereocenters. The van der Waals surface area contributed by atoms with Gasteiger partial charge in [-0.1, -0.05) is 36.8 Å². The Balaban J connectivity index is 0.000000942. The number of ether oxygens (including phenoxy) is 1. The number of carbonyl (C=O) groups excluding carboxylic acids is 3. The Hall–Kier alpha value is -4.08. The highest BCUT2D eigenvalue weighted by atomic mass is 19.4. The maximum Gasteiger partial charge on any atom is 0.490 e. The van der Waals surface area contributed by atoms with Gasteiger partial charge >= 0.3 is 30.2 Å². The fraction of sp³-hybridized carbons (Fsp3) is 0.633. The number of alkyl carbamates (subject to hydrolysis) is 1. The van der Waals surface area contributed by atoms with Crippen molar-refractivity contribution in [2.45, 2.75) is 95.1 Å². The fourth-order valence-corrected chi connectivity index (χ4v) is 5.52. The highest BCUT2D eigenvalue weighted by Crippen LogP contribution is 2.44. The van der Waals surface area contributed by atoms with Gasteiger partial charge in [0.25, 0.3) is 0 Å². The number of aliphatic carboxylic acids is 2. The van der Waals surface area contributed by atoms with E-state index in [4.69, 9.17) is 20.4 Å². The summed E-state index contributed by atoms with van der Waals surface area (Å²) in [5.74, 6) is -3.00. The van der Waals surface area contributed by atoms with Gasteiger partial charge in [-0.3, -0.25) is 4.79 Å². The molecule has 16 heteroatoms. The smallest absolute Gasteiger partial charge is 0.480 e. The lowest BCUT2D eigenvalue weighted by Crippen LogP contribution is -2.55. The number of carboxylic acids is 2. The monoisotopic (exact) mass is 659 g/mol. The number of unbranched alkanes of at least 4 members (excludes halogenated alkanes) is 2. The molecule has 3 rings (SSSR count). The summed E-state index contributed by atoms with van der Waals surface area (Å²) in [4.78, 5) is 58.3. The predicted octanol–water partition coefficient (Wildman–Crippen LogP) is 3.27. The van der Waals surface area contributed by atoms with Crippen LogP contribution >= 0.6 is 0 Å². The van der Waals surface area contributed by atoms with Crippen molar-refractivity contribution in [3.05, 3.63) is 35.9 Å². The van der Waals surface area contributed by atoms with Gasteiger partial charge in [-0.15, -0.1) is 0 Å². The molecule has 2 aliphatic rings. The molecule has 8 N–H and O–H groups in total. The molecule has 1 aromatic rings. The Morgan fingerprint density at radius 2 is 1.54 bits per heavy atom. The molecule has 1 aromatic carbocycles. The largest absolute Gasteiger partial charge is 0.490 e. The number of carboxylic acid groups (broad SMARTS) is 2. The molecule has 2 aliphatic carbocycles. The lowest BCUT2D eigenvalue weighted by molar-refractivity contribution is -0.192. The normalized spacial score (nSPS) is 19.5. The van der Waals surface area contributed by atoms with Crippen molar-refractivity contribution in [3.63, 3.8) is 0 Å². The summed E-state index contributed by atoms with van der Waals surface area (Å²) in [6.45, 7) is 0.993. The molecule has 0 aromatic heterocycles. The van der Waals surface area contributed by atoms with Crippen LogP contribution in [0.3, 0.4) is 0 Å². The number of halogens is 3. The quantitative estimate of drug-likeness (QED) is 0.130. The molecule has 4 amide bonds. The van der Waals surface area contributed by atoms with E-state index in [1.165, 1.54) is 6.42 Å². The Kier molecular flexibility index (Phi) is 16.1. The molecule has 0 saturated heterocycles. The van der Waals surface area contributed by atoms with E-state index in [9.17, 15) is 37.5 Å². The van der Waals surface area contributed by atoms with Crippen molar-refractivity contribution in [2.75, 3.05) is 13.1 Å². The first kappa shape index (κ1) is 38.1. The van der Waals surface area contributed by atoms with Crippen LogP contribution in [0.2, 0.25) is 0 Å². The fourth-order valence-electron chi connectivity index (χ4n) is 5.52. The third-order valence-electron chi connectivity index (χ3n) is 7.88. The van der Waals surface area contributed by atoms with Crippen LogP contribution in [-0.4, -0.2) is 77.6 Å². The second-order valence-electron chi connectivity index (χ2n) is 11.4. The number of rotatable bonds is 16. The van der Waals surface area contributed by atoms with Crippen LogP contribution in [0.15, 0.2) is 30.3 Å². The number of hydrogen-bond acceptors (Lipinski definition) is 7. The minimum atomic E-state index is -5.08. The number of carbonyl (C=O) groups is 5. The molecule has 13 nitrogen and oxygen atoms in total. The van der Waals surface area contributed by atoms with E-state index in [1.807, 2.05) is 30.3 Å². The van der Waals surface area contributed by atoms with Gasteiger partial charge in [0.2, 0.25) is 5.91 Å². The van der Waals surface area contributed by atoms with E-state index in [0.717, 1.165) is 24.8 Å². The molecular weight excluding hydrogens is 615 g/mol. The third-order valence-corrected chi connectivity index (χ3v) is 7.88. The van der Waals surface area contributed by atoms with Crippen molar-refractivity contribution in [3.8, 4) is 0 Å². The molecule has 0 aliphatic heterocycles. The van der Waals surface area contributed by atoms with E-state index >= 15 is 0 Å². The summed E-state index contributed by atoms with van der Waals surface area (Å²) in [5, 5.41) is 27.6. The first-order valence-corrected chi connectivity index (χ1v) is 15.3. The van der Waals surface area contributed by atoms with Gasteiger partial charge < -0.3 is 42.0 Å². The minimum absolute atomic E-state index is 0.118. The number of amides is 4. The molecule has 46 heavy (non-hydrogen) atoms. The maximum absolute atomic E-state index is 13.2.